The van der Waals surface area contributed by atoms with Crippen LogP contribution in [0.4, 0.5) is 22.0 Å². The first-order valence-corrected chi connectivity index (χ1v) is 14.9. The summed E-state index contributed by atoms with van der Waals surface area (Å²) in [5.74, 6) is 1.32. The topological polar surface area (TPSA) is 176 Å². The number of carbonyl (C=O) groups is 2. The first-order chi connectivity index (χ1) is 21.1. The van der Waals surface area contributed by atoms with E-state index in [0.29, 0.717) is 13.0 Å². The summed E-state index contributed by atoms with van der Waals surface area (Å²) >= 11 is 0. The number of hydrogen-bond acceptors (Lipinski definition) is 8. The molecule has 2 amide bonds. The minimum absolute atomic E-state index is 0.0110. The number of carbonyl (C=O) groups excluding carboxylic acids is 2. The summed E-state index contributed by atoms with van der Waals surface area (Å²) in [4.78, 5) is 23.7. The maximum Gasteiger partial charge on any atom is 0.573 e. The highest BCUT2D eigenvalue weighted by molar-refractivity contribution is 7.89. The van der Waals surface area contributed by atoms with Crippen LogP contribution in [0.15, 0.2) is 63.9 Å². The second-order valence-electron chi connectivity index (χ2n) is 9.63. The molecular formula is C26H35F5N8O5S. The van der Waals surface area contributed by atoms with Gasteiger partial charge in [-0.15, -0.1) is 13.2 Å². The van der Waals surface area contributed by atoms with Crippen molar-refractivity contribution >= 4 is 22.3 Å². The molecule has 0 aliphatic carbocycles. The van der Waals surface area contributed by atoms with E-state index in [1.807, 2.05) is 0 Å². The van der Waals surface area contributed by atoms with E-state index in [-0.39, 0.29) is 55.6 Å². The van der Waals surface area contributed by atoms with Gasteiger partial charge in [-0.05, 0) is 36.8 Å². The lowest BCUT2D eigenvalue weighted by Crippen LogP contribution is -2.56. The summed E-state index contributed by atoms with van der Waals surface area (Å²) in [6, 6.07) is 9.34. The Labute approximate surface area is 257 Å². The van der Waals surface area contributed by atoms with Gasteiger partial charge in [0.05, 0.1) is 11.6 Å². The van der Waals surface area contributed by atoms with Crippen molar-refractivity contribution in [2.75, 3.05) is 32.8 Å². The van der Waals surface area contributed by atoms with Crippen LogP contribution in [0, 0.1) is 0 Å². The average Bonchev–Trinajstić information content (AvgIpc) is 2.99. The predicted molar refractivity (Wildman–Crippen MR) is 151 cm³/mol. The zero-order chi connectivity index (χ0) is 33.8. The molecule has 0 unspecified atom stereocenters. The molecule has 0 radical (unpaired) electrons. The molecule has 1 atom stereocenters. The highest BCUT2D eigenvalue weighted by Gasteiger charge is 2.36. The fraction of sp³-hybridized carbons (Fsp3) is 0.462. The Bertz CT molecular complexity index is 1380. The zero-order valence-corrected chi connectivity index (χ0v) is 25.3. The minimum atomic E-state index is -4.87. The van der Waals surface area contributed by atoms with Gasteiger partial charge in [0.1, 0.15) is 12.3 Å². The van der Waals surface area contributed by atoms with E-state index < -0.39 is 34.1 Å². The lowest BCUT2D eigenvalue weighted by molar-refractivity contribution is -0.274. The molecule has 1 heterocycles. The van der Waals surface area contributed by atoms with E-state index in [4.69, 9.17) is 11.6 Å². The van der Waals surface area contributed by atoms with Gasteiger partial charge in [0.15, 0.2) is 0 Å². The molecule has 1 fully saturated rings. The maximum absolute atomic E-state index is 13.2. The smallest absolute Gasteiger partial charge is 0.406 e. The molecule has 0 aromatic heterocycles. The van der Waals surface area contributed by atoms with Crippen LogP contribution in [-0.4, -0.2) is 80.2 Å². The lowest BCUT2D eigenvalue weighted by Gasteiger charge is -2.39. The van der Waals surface area contributed by atoms with Gasteiger partial charge in [-0.2, -0.15) is 4.31 Å². The highest BCUT2D eigenvalue weighted by atomic mass is 32.2. The van der Waals surface area contributed by atoms with Gasteiger partial charge in [0.25, 0.3) is 5.92 Å². The number of alkyl halides is 5. The molecule has 2 aromatic carbocycles. The van der Waals surface area contributed by atoms with E-state index in [9.17, 15) is 40.0 Å². The largest absolute Gasteiger partial charge is 0.573 e. The van der Waals surface area contributed by atoms with Gasteiger partial charge in [-0.1, -0.05) is 41.6 Å². The van der Waals surface area contributed by atoms with Crippen LogP contribution in [0.5, 0.6) is 5.75 Å². The van der Waals surface area contributed by atoms with Crippen LogP contribution >= 0.6 is 0 Å². The Morgan fingerprint density at radius 3 is 2.22 bits per heavy atom. The first-order valence-electron chi connectivity index (χ1n) is 13.4. The van der Waals surface area contributed by atoms with Crippen LogP contribution in [-0.2, 0) is 32.1 Å². The van der Waals surface area contributed by atoms with Crippen LogP contribution in [0.1, 0.15) is 31.4 Å². The van der Waals surface area contributed by atoms with Crippen molar-refractivity contribution in [2.45, 2.75) is 50.0 Å². The summed E-state index contributed by atoms with van der Waals surface area (Å²) in [7, 11) is -3.98. The number of benzene rings is 2. The molecule has 5 N–H and O–H groups in total. The van der Waals surface area contributed by atoms with Crippen molar-refractivity contribution in [3.05, 3.63) is 59.7 Å². The molecule has 2 aromatic rings. The van der Waals surface area contributed by atoms with Gasteiger partial charge in [0, 0.05) is 44.2 Å². The standard InChI is InChI=1S/C15H22F3N7O4S.C11H13F2NO/c1-11-8-23(14(26)9-24(10-19)22-21-20)6-7-25(11)30(27,28)13-4-2-12(3-5-13)29-15(16,17)18;1-2-11(12,13)10-5-3-9(4-6-10)7-14-8-15/h2-5,11H,6-10,19H2,1H3,(H2,20,22);3-6,8H,2,7H2,1H3,(H,14,15)/t11-;/m0./s1. The van der Waals surface area contributed by atoms with Gasteiger partial charge in [-0.25, -0.2) is 17.2 Å². The van der Waals surface area contributed by atoms with E-state index in [1.54, 1.807) is 19.1 Å². The van der Waals surface area contributed by atoms with Crippen molar-refractivity contribution in [3.8, 4) is 5.75 Å². The highest BCUT2D eigenvalue weighted by Crippen LogP contribution is 2.31. The van der Waals surface area contributed by atoms with Crippen molar-refractivity contribution < 1.29 is 44.7 Å². The summed E-state index contributed by atoms with van der Waals surface area (Å²) in [6.07, 6.45) is -4.50. The molecule has 1 saturated heterocycles. The Hall–Kier alpha value is -4.10. The van der Waals surface area contributed by atoms with E-state index in [1.165, 1.54) is 28.3 Å². The minimum Gasteiger partial charge on any atom is -0.406 e. The fourth-order valence-electron chi connectivity index (χ4n) is 4.17. The van der Waals surface area contributed by atoms with E-state index >= 15 is 0 Å². The second kappa shape index (κ2) is 16.3. The number of halogens is 5. The van der Waals surface area contributed by atoms with E-state index in [2.05, 4.69) is 20.5 Å². The summed E-state index contributed by atoms with van der Waals surface area (Å²) in [5, 5.41) is 10.2. The third-order valence-electron chi connectivity index (χ3n) is 6.50. The molecular weight excluding hydrogens is 631 g/mol. The Morgan fingerprint density at radius 1 is 1.11 bits per heavy atom. The van der Waals surface area contributed by atoms with Crippen LogP contribution < -0.4 is 21.6 Å². The number of amides is 2. The lowest BCUT2D eigenvalue weighted by atomic mass is 10.0. The summed E-state index contributed by atoms with van der Waals surface area (Å²) in [5.41, 5.74) is 6.26. The van der Waals surface area contributed by atoms with Crippen LogP contribution in [0.2, 0.25) is 0 Å². The second-order valence-corrected chi connectivity index (χ2v) is 11.5. The summed E-state index contributed by atoms with van der Waals surface area (Å²) in [6.45, 7) is 3.43. The molecule has 0 bridgehead atoms. The SMILES string of the molecule is CCC(F)(F)c1ccc(CNC=O)cc1.C[C@H]1CN(C(=O)CN(CN)/N=N\N)CCN1S(=O)(=O)c1ccc(OC(F)(F)F)cc1. The number of sulfonamides is 1. The number of rotatable bonds is 12. The summed E-state index contributed by atoms with van der Waals surface area (Å²) < 4.78 is 93.8. The molecule has 45 heavy (non-hydrogen) atoms. The Balaban J connectivity index is 0.000000394. The third-order valence-corrected chi connectivity index (χ3v) is 8.53. The molecule has 0 saturated carbocycles. The number of ether oxygens (including phenoxy) is 1. The van der Waals surface area contributed by atoms with Gasteiger partial charge in [0.2, 0.25) is 22.3 Å². The third kappa shape index (κ3) is 11.1. The normalized spacial score (nSPS) is 16.1. The van der Waals surface area contributed by atoms with Crippen molar-refractivity contribution in [2.24, 2.45) is 22.0 Å². The number of nitrogens with one attached hydrogen (secondary N) is 1. The van der Waals surface area contributed by atoms with Crippen molar-refractivity contribution in [1.82, 2.24) is 19.5 Å². The number of hydrogen-bond donors (Lipinski definition) is 3. The van der Waals surface area contributed by atoms with Crippen LogP contribution in [0.25, 0.3) is 0 Å². The fourth-order valence-corrected chi connectivity index (χ4v) is 5.78. The quantitative estimate of drug-likeness (QED) is 0.0774. The molecule has 3 rings (SSSR count). The predicted octanol–water partition coefficient (Wildman–Crippen LogP) is 2.70. The zero-order valence-electron chi connectivity index (χ0n) is 24.5. The molecule has 0 spiro atoms. The Kier molecular flexibility index (Phi) is 13.4. The molecule has 19 heteroatoms. The number of nitrogens with two attached hydrogens (primary N) is 2. The van der Waals surface area contributed by atoms with Crippen molar-refractivity contribution in [3.63, 3.8) is 0 Å². The average molecular weight is 667 g/mol. The van der Waals surface area contributed by atoms with E-state index in [0.717, 1.165) is 34.8 Å². The monoisotopic (exact) mass is 666 g/mol. The van der Waals surface area contributed by atoms with Gasteiger partial charge >= 0.3 is 6.36 Å². The first kappa shape index (κ1) is 37.1. The van der Waals surface area contributed by atoms with Crippen molar-refractivity contribution in [1.29, 1.82) is 0 Å². The maximum atomic E-state index is 13.2. The number of piperazine rings is 1. The Morgan fingerprint density at radius 2 is 1.73 bits per heavy atom. The molecule has 13 nitrogen and oxygen atoms in total. The molecule has 250 valence electrons. The number of nitrogens with zero attached hydrogens (tertiary/aromatic N) is 5. The van der Waals surface area contributed by atoms with Gasteiger partial charge < -0.3 is 26.5 Å². The van der Waals surface area contributed by atoms with Crippen LogP contribution in [0.3, 0.4) is 0 Å². The molecule has 1 aliphatic rings. The molecule has 1 aliphatic heterocycles. The van der Waals surface area contributed by atoms with Gasteiger partial charge in [-0.3, -0.25) is 14.6 Å².